The van der Waals surface area contributed by atoms with Gasteiger partial charge in [-0.1, -0.05) is 55.5 Å². The van der Waals surface area contributed by atoms with Crippen LogP contribution in [0.1, 0.15) is 31.9 Å². The van der Waals surface area contributed by atoms with E-state index < -0.39 is 0 Å². The normalized spacial score (nSPS) is 11.3. The van der Waals surface area contributed by atoms with Crippen molar-refractivity contribution in [2.75, 3.05) is 6.54 Å². The molecule has 0 bridgehead atoms. The zero-order chi connectivity index (χ0) is 15.2. The lowest BCUT2D eigenvalue weighted by Crippen LogP contribution is -2.29. The van der Waals surface area contributed by atoms with Gasteiger partial charge in [0.05, 0.1) is 0 Å². The Morgan fingerprint density at radius 2 is 1.67 bits per heavy atom. The van der Waals surface area contributed by atoms with Crippen molar-refractivity contribution >= 4 is 0 Å². The van der Waals surface area contributed by atoms with Gasteiger partial charge in [0.1, 0.15) is 0 Å². The SMILES string of the molecule is CCN(Cc1ccc(-c2ccccc2CN)cc1)C(C)C. The van der Waals surface area contributed by atoms with Crippen molar-refractivity contribution < 1.29 is 0 Å². The summed E-state index contributed by atoms with van der Waals surface area (Å²) in [6, 6.07) is 17.8. The van der Waals surface area contributed by atoms with Crippen molar-refractivity contribution in [3.05, 3.63) is 59.7 Å². The number of hydrogen-bond acceptors (Lipinski definition) is 2. The molecule has 0 heterocycles. The first-order chi connectivity index (χ1) is 10.2. The maximum Gasteiger partial charge on any atom is 0.0236 e. The van der Waals surface area contributed by atoms with Gasteiger partial charge in [-0.25, -0.2) is 0 Å². The van der Waals surface area contributed by atoms with Gasteiger partial charge in [-0.3, -0.25) is 4.90 Å². The number of nitrogens with two attached hydrogens (primary N) is 1. The highest BCUT2D eigenvalue weighted by Gasteiger charge is 2.08. The van der Waals surface area contributed by atoms with E-state index in [9.17, 15) is 0 Å². The molecule has 0 saturated carbocycles. The molecule has 0 fully saturated rings. The average Bonchev–Trinajstić information content (AvgIpc) is 2.52. The van der Waals surface area contributed by atoms with Crippen LogP contribution in [0.25, 0.3) is 11.1 Å². The number of rotatable bonds is 6. The minimum absolute atomic E-state index is 0.577. The molecule has 0 aliphatic rings. The summed E-state index contributed by atoms with van der Waals surface area (Å²) >= 11 is 0. The fourth-order valence-corrected chi connectivity index (χ4v) is 2.66. The Morgan fingerprint density at radius 3 is 2.24 bits per heavy atom. The Bertz CT molecular complexity index is 558. The Hall–Kier alpha value is -1.64. The van der Waals surface area contributed by atoms with E-state index in [1.54, 1.807) is 0 Å². The van der Waals surface area contributed by atoms with Crippen molar-refractivity contribution in [3.63, 3.8) is 0 Å². The third kappa shape index (κ3) is 3.93. The first-order valence-corrected chi connectivity index (χ1v) is 7.77. The monoisotopic (exact) mass is 282 g/mol. The van der Waals surface area contributed by atoms with Gasteiger partial charge >= 0.3 is 0 Å². The van der Waals surface area contributed by atoms with Crippen LogP contribution in [0, 0.1) is 0 Å². The van der Waals surface area contributed by atoms with Gasteiger partial charge in [0.25, 0.3) is 0 Å². The molecule has 21 heavy (non-hydrogen) atoms. The molecule has 0 spiro atoms. The zero-order valence-electron chi connectivity index (χ0n) is 13.3. The van der Waals surface area contributed by atoms with Crippen LogP contribution in [-0.4, -0.2) is 17.5 Å². The Morgan fingerprint density at radius 1 is 1.00 bits per heavy atom. The molecule has 0 aromatic heterocycles. The highest BCUT2D eigenvalue weighted by atomic mass is 15.1. The van der Waals surface area contributed by atoms with Crippen LogP contribution in [0.3, 0.4) is 0 Å². The third-order valence-corrected chi connectivity index (χ3v) is 4.02. The Balaban J connectivity index is 2.19. The largest absolute Gasteiger partial charge is 0.326 e. The van der Waals surface area contributed by atoms with E-state index >= 15 is 0 Å². The summed E-state index contributed by atoms with van der Waals surface area (Å²) in [5.74, 6) is 0. The number of nitrogens with zero attached hydrogens (tertiary/aromatic N) is 1. The molecule has 0 unspecified atom stereocenters. The Kier molecular flexibility index (Phi) is 5.54. The van der Waals surface area contributed by atoms with Crippen molar-refractivity contribution in [3.8, 4) is 11.1 Å². The molecule has 0 atom stereocenters. The van der Waals surface area contributed by atoms with Crippen molar-refractivity contribution in [1.82, 2.24) is 4.90 Å². The molecule has 2 N–H and O–H groups in total. The van der Waals surface area contributed by atoms with Crippen molar-refractivity contribution in [2.45, 2.75) is 39.9 Å². The molecule has 2 aromatic rings. The molecule has 2 heteroatoms. The van der Waals surface area contributed by atoms with Crippen LogP contribution in [0.15, 0.2) is 48.5 Å². The Labute approximate surface area is 128 Å². The summed E-state index contributed by atoms with van der Waals surface area (Å²) in [7, 11) is 0. The van der Waals surface area contributed by atoms with Gasteiger partial charge in [-0.2, -0.15) is 0 Å². The summed E-state index contributed by atoms with van der Waals surface area (Å²) in [5, 5.41) is 0. The molecular weight excluding hydrogens is 256 g/mol. The van der Waals surface area contributed by atoms with Crippen LogP contribution in [0.2, 0.25) is 0 Å². The van der Waals surface area contributed by atoms with E-state index in [0.717, 1.165) is 13.1 Å². The molecule has 2 rings (SSSR count). The topological polar surface area (TPSA) is 29.3 Å². The second-order valence-corrected chi connectivity index (χ2v) is 5.72. The molecule has 2 nitrogen and oxygen atoms in total. The lowest BCUT2D eigenvalue weighted by molar-refractivity contribution is 0.225. The minimum Gasteiger partial charge on any atom is -0.326 e. The predicted molar refractivity (Wildman–Crippen MR) is 91.0 cm³/mol. The summed E-state index contributed by atoms with van der Waals surface area (Å²) in [5.41, 5.74) is 10.9. The summed E-state index contributed by atoms with van der Waals surface area (Å²) in [6.45, 7) is 9.37. The number of benzene rings is 2. The average molecular weight is 282 g/mol. The molecule has 0 aliphatic heterocycles. The summed E-state index contributed by atoms with van der Waals surface area (Å²) in [4.78, 5) is 2.46. The molecular formula is C19H26N2. The fraction of sp³-hybridized carbons (Fsp3) is 0.368. The van der Waals surface area contributed by atoms with Gasteiger partial charge in [-0.05, 0) is 42.6 Å². The highest BCUT2D eigenvalue weighted by molar-refractivity contribution is 5.67. The van der Waals surface area contributed by atoms with E-state index in [2.05, 4.69) is 68.1 Å². The first-order valence-electron chi connectivity index (χ1n) is 7.77. The van der Waals surface area contributed by atoms with Crippen LogP contribution < -0.4 is 5.73 Å². The van der Waals surface area contributed by atoms with Gasteiger partial charge in [-0.15, -0.1) is 0 Å². The van der Waals surface area contributed by atoms with Crippen LogP contribution in [0.4, 0.5) is 0 Å². The van der Waals surface area contributed by atoms with Gasteiger partial charge < -0.3 is 5.73 Å². The lowest BCUT2D eigenvalue weighted by Gasteiger charge is -2.24. The fourth-order valence-electron chi connectivity index (χ4n) is 2.66. The van der Waals surface area contributed by atoms with E-state index in [0.29, 0.717) is 12.6 Å². The second kappa shape index (κ2) is 7.39. The molecule has 0 saturated heterocycles. The van der Waals surface area contributed by atoms with Crippen molar-refractivity contribution in [1.29, 1.82) is 0 Å². The first kappa shape index (κ1) is 15.7. The molecule has 0 radical (unpaired) electrons. The highest BCUT2D eigenvalue weighted by Crippen LogP contribution is 2.24. The van der Waals surface area contributed by atoms with Gasteiger partial charge in [0.2, 0.25) is 0 Å². The lowest BCUT2D eigenvalue weighted by atomic mass is 9.98. The smallest absolute Gasteiger partial charge is 0.0236 e. The molecule has 0 aliphatic carbocycles. The van der Waals surface area contributed by atoms with Gasteiger partial charge in [0.15, 0.2) is 0 Å². The standard InChI is InChI=1S/C19H26N2/c1-4-21(15(2)3)14-16-9-11-17(12-10-16)19-8-6-5-7-18(19)13-20/h5-12,15H,4,13-14,20H2,1-3H3. The van der Waals surface area contributed by atoms with E-state index in [1.165, 1.54) is 22.3 Å². The predicted octanol–water partition coefficient (Wildman–Crippen LogP) is 4.04. The quantitative estimate of drug-likeness (QED) is 0.866. The maximum absolute atomic E-state index is 5.83. The van der Waals surface area contributed by atoms with Crippen LogP contribution in [0.5, 0.6) is 0 Å². The molecule has 112 valence electrons. The third-order valence-electron chi connectivity index (χ3n) is 4.02. The van der Waals surface area contributed by atoms with Gasteiger partial charge in [0, 0.05) is 19.1 Å². The molecule has 2 aromatic carbocycles. The minimum atomic E-state index is 0.577. The summed E-state index contributed by atoms with van der Waals surface area (Å²) in [6.07, 6.45) is 0. The van der Waals surface area contributed by atoms with Crippen LogP contribution >= 0.6 is 0 Å². The van der Waals surface area contributed by atoms with E-state index in [-0.39, 0.29) is 0 Å². The maximum atomic E-state index is 5.83. The molecule has 0 amide bonds. The van der Waals surface area contributed by atoms with Crippen molar-refractivity contribution in [2.24, 2.45) is 5.73 Å². The zero-order valence-corrected chi connectivity index (χ0v) is 13.3. The summed E-state index contributed by atoms with van der Waals surface area (Å²) < 4.78 is 0. The van der Waals surface area contributed by atoms with E-state index in [4.69, 9.17) is 5.73 Å². The second-order valence-electron chi connectivity index (χ2n) is 5.72. The number of hydrogen-bond donors (Lipinski definition) is 1. The van der Waals surface area contributed by atoms with E-state index in [1.807, 2.05) is 6.07 Å². The van der Waals surface area contributed by atoms with Crippen LogP contribution in [-0.2, 0) is 13.1 Å².